The number of nitrogens with one attached hydrogen (secondary N) is 3. The predicted molar refractivity (Wildman–Crippen MR) is 84.1 cm³/mol. The highest BCUT2D eigenvalue weighted by Crippen LogP contribution is 2.15. The fourth-order valence-corrected chi connectivity index (χ4v) is 2.79. The van der Waals surface area contributed by atoms with Gasteiger partial charge >= 0.3 is 0 Å². The molecule has 10 heteroatoms. The van der Waals surface area contributed by atoms with Gasteiger partial charge in [-0.1, -0.05) is 10.5 Å². The quantitative estimate of drug-likeness (QED) is 0.667. The van der Waals surface area contributed by atoms with Crippen LogP contribution in [0.15, 0.2) is 47.5 Å². The maximum atomic E-state index is 12.2. The summed E-state index contributed by atoms with van der Waals surface area (Å²) in [7, 11) is -1.43. The van der Waals surface area contributed by atoms with Crippen molar-refractivity contribution in [2.45, 2.75) is 4.90 Å². The molecule has 0 atom stereocenters. The van der Waals surface area contributed by atoms with E-state index in [2.05, 4.69) is 20.7 Å². The van der Waals surface area contributed by atoms with Crippen LogP contribution in [0.3, 0.4) is 0 Å². The van der Waals surface area contributed by atoms with E-state index in [4.69, 9.17) is 0 Å². The molecule has 3 N–H and O–H groups in total. The van der Waals surface area contributed by atoms with E-state index in [1.807, 2.05) is 0 Å². The second-order valence-corrected chi connectivity index (χ2v) is 6.55. The molecule has 0 saturated carbocycles. The molecule has 0 spiro atoms. The first-order valence-electron chi connectivity index (χ1n) is 6.73. The molecule has 24 heavy (non-hydrogen) atoms. The first kappa shape index (κ1) is 17.7. The number of rotatable bonds is 5. The van der Waals surface area contributed by atoms with Crippen molar-refractivity contribution in [1.29, 1.82) is 0 Å². The third-order valence-electron chi connectivity index (χ3n) is 3.12. The number of aromatic amines is 1. The molecule has 0 aliphatic heterocycles. The summed E-state index contributed by atoms with van der Waals surface area (Å²) < 4.78 is 25.0. The number of nitrogens with zero attached hydrogens (tertiary/aromatic N) is 1. The van der Waals surface area contributed by atoms with E-state index in [0.29, 0.717) is 4.47 Å². The second kappa shape index (κ2) is 7.25. The highest BCUT2D eigenvalue weighted by Gasteiger charge is 2.22. The largest absolute Gasteiger partial charge is 0.357 e. The van der Waals surface area contributed by atoms with E-state index in [1.54, 1.807) is 12.3 Å². The summed E-state index contributed by atoms with van der Waals surface area (Å²) in [5.74, 6) is -1.19. The molecule has 2 aromatic rings. The molecule has 0 aliphatic rings. The van der Waals surface area contributed by atoms with E-state index < -0.39 is 21.8 Å². The minimum Gasteiger partial charge on any atom is -0.357 e. The zero-order valence-corrected chi connectivity index (χ0v) is 13.8. The van der Waals surface area contributed by atoms with Crippen LogP contribution in [0.5, 0.6) is 0 Å². The number of benzene rings is 1. The molecule has 0 bridgehead atoms. The standard InChI is InChI=1S/C14H16N4O5S/c1-18(23-2)24(21,22)11-6-3-5-10(9-11)13(19)16-17-14(20)12-7-4-8-15-12/h3-9,15H,1-2H3,(H,16,19)(H,17,20). The minimum absolute atomic E-state index is 0.0624. The molecule has 1 aromatic heterocycles. The number of hydrogen-bond acceptors (Lipinski definition) is 5. The van der Waals surface area contributed by atoms with Gasteiger partial charge in [0.1, 0.15) is 5.69 Å². The summed E-state index contributed by atoms with van der Waals surface area (Å²) >= 11 is 0. The fraction of sp³-hybridized carbons (Fsp3) is 0.143. The van der Waals surface area contributed by atoms with Crippen LogP contribution >= 0.6 is 0 Å². The highest BCUT2D eigenvalue weighted by atomic mass is 32.2. The number of hydrazine groups is 1. The van der Waals surface area contributed by atoms with E-state index in [-0.39, 0.29) is 16.2 Å². The van der Waals surface area contributed by atoms with Gasteiger partial charge < -0.3 is 4.98 Å². The maximum absolute atomic E-state index is 12.2. The lowest BCUT2D eigenvalue weighted by molar-refractivity contribution is -0.0258. The lowest BCUT2D eigenvalue weighted by atomic mass is 10.2. The van der Waals surface area contributed by atoms with Crippen molar-refractivity contribution < 1.29 is 22.8 Å². The Morgan fingerprint density at radius 1 is 1.12 bits per heavy atom. The van der Waals surface area contributed by atoms with Gasteiger partial charge in [0.2, 0.25) is 0 Å². The Kier molecular flexibility index (Phi) is 5.34. The highest BCUT2D eigenvalue weighted by molar-refractivity contribution is 7.89. The van der Waals surface area contributed by atoms with E-state index >= 15 is 0 Å². The van der Waals surface area contributed by atoms with Crippen molar-refractivity contribution in [3.63, 3.8) is 0 Å². The third kappa shape index (κ3) is 3.79. The molecule has 2 amide bonds. The number of sulfonamides is 1. The zero-order chi connectivity index (χ0) is 17.7. The number of carbonyl (C=O) groups is 2. The summed E-state index contributed by atoms with van der Waals surface area (Å²) in [6.07, 6.45) is 1.57. The van der Waals surface area contributed by atoms with Crippen molar-refractivity contribution in [1.82, 2.24) is 20.3 Å². The molecule has 9 nitrogen and oxygen atoms in total. The number of hydrogen-bond donors (Lipinski definition) is 3. The summed E-state index contributed by atoms with van der Waals surface area (Å²) in [6, 6.07) is 8.52. The maximum Gasteiger partial charge on any atom is 0.286 e. The zero-order valence-electron chi connectivity index (χ0n) is 12.9. The average Bonchev–Trinajstić information content (AvgIpc) is 3.13. The topological polar surface area (TPSA) is 121 Å². The van der Waals surface area contributed by atoms with Crippen LogP contribution in [0.2, 0.25) is 0 Å². The summed E-state index contributed by atoms with van der Waals surface area (Å²) in [5, 5.41) is 0. The van der Waals surface area contributed by atoms with E-state index in [1.165, 1.54) is 44.5 Å². The van der Waals surface area contributed by atoms with Crippen molar-refractivity contribution in [3.05, 3.63) is 53.9 Å². The Morgan fingerprint density at radius 2 is 1.83 bits per heavy atom. The van der Waals surface area contributed by atoms with Gasteiger partial charge in [0, 0.05) is 18.8 Å². The van der Waals surface area contributed by atoms with Gasteiger partial charge in [0.25, 0.3) is 21.8 Å². The molecule has 1 aromatic carbocycles. The number of aromatic nitrogens is 1. The summed E-state index contributed by atoms with van der Waals surface area (Å²) in [4.78, 5) is 31.0. The van der Waals surface area contributed by atoms with Gasteiger partial charge in [0.05, 0.1) is 12.0 Å². The summed E-state index contributed by atoms with van der Waals surface area (Å²) in [5.41, 5.74) is 4.77. The van der Waals surface area contributed by atoms with Gasteiger partial charge in [-0.05, 0) is 30.3 Å². The number of hydroxylamine groups is 1. The Morgan fingerprint density at radius 3 is 2.46 bits per heavy atom. The third-order valence-corrected chi connectivity index (χ3v) is 4.80. The van der Waals surface area contributed by atoms with Crippen molar-refractivity contribution >= 4 is 21.8 Å². The first-order chi connectivity index (χ1) is 11.4. The molecular weight excluding hydrogens is 336 g/mol. The SMILES string of the molecule is CON(C)S(=O)(=O)c1cccc(C(=O)NNC(=O)c2ccc[nH]2)c1. The number of carbonyl (C=O) groups excluding carboxylic acids is 2. The Balaban J connectivity index is 2.11. The fourth-order valence-electron chi connectivity index (χ4n) is 1.77. The van der Waals surface area contributed by atoms with Gasteiger partial charge in [-0.3, -0.25) is 25.3 Å². The lowest BCUT2D eigenvalue weighted by Crippen LogP contribution is -2.41. The molecule has 0 aliphatic carbocycles. The number of amides is 2. The lowest BCUT2D eigenvalue weighted by Gasteiger charge is -2.14. The molecule has 0 fully saturated rings. The monoisotopic (exact) mass is 352 g/mol. The second-order valence-electron chi connectivity index (χ2n) is 4.62. The summed E-state index contributed by atoms with van der Waals surface area (Å²) in [6.45, 7) is 0. The molecule has 1 heterocycles. The van der Waals surface area contributed by atoms with Crippen LogP contribution in [0.4, 0.5) is 0 Å². The molecule has 0 saturated heterocycles. The molecule has 0 unspecified atom stereocenters. The molecular formula is C14H16N4O5S. The van der Waals surface area contributed by atoms with Crippen molar-refractivity contribution in [3.8, 4) is 0 Å². The van der Waals surface area contributed by atoms with Gasteiger partial charge in [0.15, 0.2) is 0 Å². The number of H-pyrrole nitrogens is 1. The van der Waals surface area contributed by atoms with Gasteiger partial charge in [-0.25, -0.2) is 8.42 Å². The Hall–Kier alpha value is -2.69. The Bertz CT molecular complexity index is 833. The van der Waals surface area contributed by atoms with Crippen molar-refractivity contribution in [2.24, 2.45) is 0 Å². The van der Waals surface area contributed by atoms with Crippen molar-refractivity contribution in [2.75, 3.05) is 14.2 Å². The van der Waals surface area contributed by atoms with Crippen LogP contribution in [0, 0.1) is 0 Å². The van der Waals surface area contributed by atoms with E-state index in [9.17, 15) is 18.0 Å². The predicted octanol–water partition coefficient (Wildman–Crippen LogP) is 0.271. The van der Waals surface area contributed by atoms with Gasteiger partial charge in [-0.2, -0.15) is 0 Å². The van der Waals surface area contributed by atoms with Gasteiger partial charge in [-0.15, -0.1) is 0 Å². The normalized spacial score (nSPS) is 11.3. The molecule has 128 valence electrons. The van der Waals surface area contributed by atoms with Crippen LogP contribution in [0.1, 0.15) is 20.8 Å². The molecule has 0 radical (unpaired) electrons. The molecule has 2 rings (SSSR count). The van der Waals surface area contributed by atoms with Crippen LogP contribution in [-0.4, -0.2) is 43.8 Å². The minimum atomic E-state index is -3.87. The smallest absolute Gasteiger partial charge is 0.286 e. The van der Waals surface area contributed by atoms with Crippen LogP contribution in [0.25, 0.3) is 0 Å². The van der Waals surface area contributed by atoms with E-state index in [0.717, 1.165) is 0 Å². The van der Waals surface area contributed by atoms with Crippen LogP contribution in [-0.2, 0) is 14.9 Å². The Labute approximate surface area is 138 Å². The van der Waals surface area contributed by atoms with Crippen LogP contribution < -0.4 is 10.9 Å². The average molecular weight is 352 g/mol. The first-order valence-corrected chi connectivity index (χ1v) is 8.17.